The fourth-order valence-corrected chi connectivity index (χ4v) is 2.54. The van der Waals surface area contributed by atoms with Crippen LogP contribution in [0.2, 0.25) is 0 Å². The molecule has 1 atom stereocenters. The van der Waals surface area contributed by atoms with Crippen LogP contribution < -0.4 is 10.2 Å². The lowest BCUT2D eigenvalue weighted by atomic mass is 10.3. The number of hydrogen-bond acceptors (Lipinski definition) is 5. The van der Waals surface area contributed by atoms with Gasteiger partial charge in [-0.3, -0.25) is 0 Å². The van der Waals surface area contributed by atoms with Crippen LogP contribution in [0.5, 0.6) is 0 Å². The van der Waals surface area contributed by atoms with Crippen LogP contribution >= 0.6 is 12.2 Å². The van der Waals surface area contributed by atoms with Crippen molar-refractivity contribution in [3.63, 3.8) is 0 Å². The van der Waals surface area contributed by atoms with E-state index in [0.29, 0.717) is 6.61 Å². The quantitative estimate of drug-likeness (QED) is 0.812. The molecule has 2 heterocycles. The van der Waals surface area contributed by atoms with Gasteiger partial charge in [0.15, 0.2) is 5.11 Å². The van der Waals surface area contributed by atoms with Crippen LogP contribution in [0, 0.1) is 0 Å². The molecule has 1 aromatic heterocycles. The normalized spacial score (nSPS) is 16.9. The summed E-state index contributed by atoms with van der Waals surface area (Å²) in [6.07, 6.45) is 3.54. The number of rotatable bonds is 4. The molecule has 110 valence electrons. The topological polar surface area (TPSA) is 53.5 Å². The van der Waals surface area contributed by atoms with Gasteiger partial charge in [-0.15, -0.1) is 0 Å². The van der Waals surface area contributed by atoms with Gasteiger partial charge >= 0.3 is 0 Å². The van der Waals surface area contributed by atoms with E-state index in [0.717, 1.165) is 37.2 Å². The molecule has 20 heavy (non-hydrogen) atoms. The van der Waals surface area contributed by atoms with Crippen LogP contribution in [0.1, 0.15) is 6.92 Å². The molecule has 1 aromatic rings. The molecular formula is C13H21N5OS. The number of hydrogen-bond donors (Lipinski definition) is 1. The van der Waals surface area contributed by atoms with Crippen molar-refractivity contribution in [1.82, 2.24) is 20.2 Å². The molecule has 1 aliphatic heterocycles. The van der Waals surface area contributed by atoms with Gasteiger partial charge in [0.05, 0.1) is 6.61 Å². The minimum absolute atomic E-state index is 0.225. The van der Waals surface area contributed by atoms with Crippen LogP contribution in [0.15, 0.2) is 18.5 Å². The molecule has 0 aliphatic carbocycles. The van der Waals surface area contributed by atoms with Gasteiger partial charge in [0.25, 0.3) is 0 Å². The Labute approximate surface area is 125 Å². The number of anilines is 1. The molecule has 0 bridgehead atoms. The maximum absolute atomic E-state index is 5.43. The second kappa shape index (κ2) is 7.35. The molecule has 1 saturated heterocycles. The Bertz CT molecular complexity index is 422. The summed E-state index contributed by atoms with van der Waals surface area (Å²) < 4.78 is 5.10. The fourth-order valence-electron chi connectivity index (χ4n) is 2.16. The van der Waals surface area contributed by atoms with E-state index in [1.807, 2.05) is 6.07 Å². The molecule has 1 fully saturated rings. The Morgan fingerprint density at radius 1 is 1.35 bits per heavy atom. The first kappa shape index (κ1) is 14.9. The van der Waals surface area contributed by atoms with Gasteiger partial charge in [0.1, 0.15) is 0 Å². The van der Waals surface area contributed by atoms with Gasteiger partial charge in [-0.1, -0.05) is 0 Å². The standard InChI is InChI=1S/C13H21N5OS/c1-11(10-19-2)16-13(20)18-8-6-17(7-9-18)12-14-4-3-5-15-12/h3-5,11H,6-10H2,1-2H3,(H,16,20)/t11-/m0/s1. The Kier molecular flexibility index (Phi) is 5.49. The number of nitrogens with one attached hydrogen (secondary N) is 1. The van der Waals surface area contributed by atoms with Crippen LogP contribution in [-0.4, -0.2) is 65.9 Å². The third-order valence-corrected chi connectivity index (χ3v) is 3.56. The van der Waals surface area contributed by atoms with Gasteiger partial charge in [-0.05, 0) is 25.2 Å². The SMILES string of the molecule is COC[C@H](C)NC(=S)N1CCN(c2ncccn2)CC1. The number of nitrogens with zero attached hydrogens (tertiary/aromatic N) is 4. The van der Waals surface area contributed by atoms with Crippen molar-refractivity contribution in [2.75, 3.05) is 44.8 Å². The number of aromatic nitrogens is 2. The Morgan fingerprint density at radius 2 is 2.00 bits per heavy atom. The zero-order valence-electron chi connectivity index (χ0n) is 12.0. The molecule has 0 spiro atoms. The average molecular weight is 295 g/mol. The van der Waals surface area contributed by atoms with Crippen molar-refractivity contribution in [2.24, 2.45) is 0 Å². The molecule has 0 amide bonds. The first-order valence-electron chi connectivity index (χ1n) is 6.77. The monoisotopic (exact) mass is 295 g/mol. The van der Waals surface area contributed by atoms with Gasteiger partial charge < -0.3 is 19.9 Å². The van der Waals surface area contributed by atoms with E-state index in [1.54, 1.807) is 19.5 Å². The summed E-state index contributed by atoms with van der Waals surface area (Å²) in [5.74, 6) is 0.791. The van der Waals surface area contributed by atoms with Crippen LogP contribution in [0.3, 0.4) is 0 Å². The fraction of sp³-hybridized carbons (Fsp3) is 0.615. The smallest absolute Gasteiger partial charge is 0.225 e. The molecule has 1 N–H and O–H groups in total. The van der Waals surface area contributed by atoms with E-state index in [9.17, 15) is 0 Å². The van der Waals surface area contributed by atoms with Crippen molar-refractivity contribution < 1.29 is 4.74 Å². The summed E-state index contributed by atoms with van der Waals surface area (Å²) in [6.45, 7) is 6.23. The summed E-state index contributed by atoms with van der Waals surface area (Å²) in [7, 11) is 1.69. The van der Waals surface area contributed by atoms with E-state index in [2.05, 4.69) is 32.0 Å². The Morgan fingerprint density at radius 3 is 2.60 bits per heavy atom. The van der Waals surface area contributed by atoms with Crippen molar-refractivity contribution in [3.8, 4) is 0 Å². The van der Waals surface area contributed by atoms with Gasteiger partial charge in [-0.2, -0.15) is 0 Å². The Hall–Kier alpha value is -1.47. The van der Waals surface area contributed by atoms with Crippen LogP contribution in [0.4, 0.5) is 5.95 Å². The van der Waals surface area contributed by atoms with Crippen molar-refractivity contribution >= 4 is 23.3 Å². The third-order valence-electron chi connectivity index (χ3n) is 3.19. The predicted molar refractivity (Wildman–Crippen MR) is 82.9 cm³/mol. The van der Waals surface area contributed by atoms with Gasteiger partial charge in [0.2, 0.25) is 5.95 Å². The first-order valence-corrected chi connectivity index (χ1v) is 7.18. The predicted octanol–water partition coefficient (Wildman–Crippen LogP) is 0.508. The summed E-state index contributed by atoms with van der Waals surface area (Å²) in [5, 5.41) is 4.08. The molecular weight excluding hydrogens is 274 g/mol. The molecule has 0 aromatic carbocycles. The maximum Gasteiger partial charge on any atom is 0.225 e. The number of ether oxygens (including phenoxy) is 1. The van der Waals surface area contributed by atoms with E-state index in [-0.39, 0.29) is 6.04 Å². The lowest BCUT2D eigenvalue weighted by Crippen LogP contribution is -2.53. The van der Waals surface area contributed by atoms with Gasteiger partial charge in [-0.25, -0.2) is 9.97 Å². The molecule has 2 rings (SSSR count). The highest BCUT2D eigenvalue weighted by Gasteiger charge is 2.20. The molecule has 1 aliphatic rings. The second-order valence-electron chi connectivity index (χ2n) is 4.83. The van der Waals surface area contributed by atoms with E-state index < -0.39 is 0 Å². The lowest BCUT2D eigenvalue weighted by Gasteiger charge is -2.36. The molecule has 0 radical (unpaired) electrons. The van der Waals surface area contributed by atoms with Crippen molar-refractivity contribution in [3.05, 3.63) is 18.5 Å². The summed E-state index contributed by atoms with van der Waals surface area (Å²) in [4.78, 5) is 12.9. The van der Waals surface area contributed by atoms with E-state index in [1.165, 1.54) is 0 Å². The summed E-state index contributed by atoms with van der Waals surface area (Å²) in [6, 6.07) is 2.05. The van der Waals surface area contributed by atoms with Gasteiger partial charge in [0, 0.05) is 51.7 Å². The van der Waals surface area contributed by atoms with Crippen molar-refractivity contribution in [2.45, 2.75) is 13.0 Å². The molecule has 0 saturated carbocycles. The maximum atomic E-state index is 5.43. The highest BCUT2D eigenvalue weighted by atomic mass is 32.1. The molecule has 0 unspecified atom stereocenters. The second-order valence-corrected chi connectivity index (χ2v) is 5.22. The highest BCUT2D eigenvalue weighted by molar-refractivity contribution is 7.80. The number of piperazine rings is 1. The summed E-state index contributed by atoms with van der Waals surface area (Å²) in [5.41, 5.74) is 0. The zero-order chi connectivity index (χ0) is 14.4. The van der Waals surface area contributed by atoms with Crippen LogP contribution in [-0.2, 0) is 4.74 Å². The molecule has 7 heteroatoms. The largest absolute Gasteiger partial charge is 0.383 e. The molecule has 6 nitrogen and oxygen atoms in total. The number of thiocarbonyl (C=S) groups is 1. The number of methoxy groups -OCH3 is 1. The highest BCUT2D eigenvalue weighted by Crippen LogP contribution is 2.09. The minimum atomic E-state index is 0.225. The van der Waals surface area contributed by atoms with E-state index >= 15 is 0 Å². The third kappa shape index (κ3) is 4.01. The minimum Gasteiger partial charge on any atom is -0.383 e. The Balaban J connectivity index is 1.80. The van der Waals surface area contributed by atoms with E-state index in [4.69, 9.17) is 17.0 Å². The van der Waals surface area contributed by atoms with Crippen molar-refractivity contribution in [1.29, 1.82) is 0 Å². The average Bonchev–Trinajstić information content (AvgIpc) is 2.48. The summed E-state index contributed by atoms with van der Waals surface area (Å²) >= 11 is 5.43. The first-order chi connectivity index (χ1) is 9.70. The zero-order valence-corrected chi connectivity index (χ0v) is 12.8. The van der Waals surface area contributed by atoms with Crippen LogP contribution in [0.25, 0.3) is 0 Å². The lowest BCUT2D eigenvalue weighted by molar-refractivity contribution is 0.177.